The number of aromatic amines is 1. The Morgan fingerprint density at radius 2 is 1.78 bits per heavy atom. The van der Waals surface area contributed by atoms with Crippen LogP contribution in [0.25, 0.3) is 33.2 Å². The number of fused-ring (bicyclic) bond motifs is 3. The molecule has 2 saturated carbocycles. The monoisotopic (exact) mass is 792 g/mol. The first-order chi connectivity index (χ1) is 28.6. The predicted molar refractivity (Wildman–Crippen MR) is 224 cm³/mol. The Kier molecular flexibility index (Phi) is 9.19. The Morgan fingerprint density at radius 3 is 2.53 bits per heavy atom. The van der Waals surface area contributed by atoms with E-state index in [4.69, 9.17) is 9.51 Å². The molecule has 0 spiro atoms. The van der Waals surface area contributed by atoms with Gasteiger partial charge in [0.25, 0.3) is 0 Å². The summed E-state index contributed by atoms with van der Waals surface area (Å²) in [6.45, 7) is 10.1. The number of anilines is 2. The zero-order chi connectivity index (χ0) is 40.4. The van der Waals surface area contributed by atoms with Gasteiger partial charge in [-0.2, -0.15) is 4.98 Å². The van der Waals surface area contributed by atoms with E-state index >= 15 is 0 Å². The molecular formula is C45H48N10O4. The Labute approximate surface area is 341 Å². The van der Waals surface area contributed by atoms with Gasteiger partial charge in [-0.05, 0) is 98.9 Å². The minimum absolute atomic E-state index is 0.00506. The van der Waals surface area contributed by atoms with Crippen molar-refractivity contribution >= 4 is 51.0 Å². The third-order valence-corrected chi connectivity index (χ3v) is 13.2. The summed E-state index contributed by atoms with van der Waals surface area (Å²) in [5, 5.41) is 14.8. The number of H-pyrrole nitrogens is 1. The topological polar surface area (TPSA) is 174 Å². The van der Waals surface area contributed by atoms with Crippen LogP contribution in [0.15, 0.2) is 71.5 Å². The lowest BCUT2D eigenvalue weighted by Crippen LogP contribution is -2.53. The number of hydrogen-bond acceptors (Lipinski definition) is 11. The van der Waals surface area contributed by atoms with Gasteiger partial charge in [0.15, 0.2) is 5.82 Å². The van der Waals surface area contributed by atoms with Gasteiger partial charge in [-0.25, -0.2) is 9.97 Å². The molecule has 0 radical (unpaired) electrons. The van der Waals surface area contributed by atoms with Crippen molar-refractivity contribution in [3.63, 3.8) is 0 Å². The highest BCUT2D eigenvalue weighted by molar-refractivity contribution is 6.12. The summed E-state index contributed by atoms with van der Waals surface area (Å²) in [4.78, 5) is 59.0. The van der Waals surface area contributed by atoms with E-state index in [0.29, 0.717) is 30.6 Å². The van der Waals surface area contributed by atoms with Gasteiger partial charge >= 0.3 is 11.8 Å². The van der Waals surface area contributed by atoms with E-state index in [0.717, 1.165) is 102 Å². The average molecular weight is 793 g/mol. The summed E-state index contributed by atoms with van der Waals surface area (Å²) in [7, 11) is 0. The highest BCUT2D eigenvalue weighted by Crippen LogP contribution is 2.46. The first-order valence-corrected chi connectivity index (χ1v) is 20.8. The van der Waals surface area contributed by atoms with Crippen LogP contribution in [0.1, 0.15) is 97.5 Å². The van der Waals surface area contributed by atoms with Crippen molar-refractivity contribution in [2.45, 2.75) is 88.8 Å². The van der Waals surface area contributed by atoms with Crippen LogP contribution in [-0.2, 0) is 15.0 Å². The second kappa shape index (κ2) is 14.6. The van der Waals surface area contributed by atoms with Gasteiger partial charge in [-0.15, -0.1) is 0 Å². The lowest BCUT2D eigenvalue weighted by Gasteiger charge is -2.47. The number of rotatable bonds is 10. The summed E-state index contributed by atoms with van der Waals surface area (Å²) >= 11 is 0. The summed E-state index contributed by atoms with van der Waals surface area (Å²) in [6.07, 6.45) is 6.82. The molecule has 3 aromatic heterocycles. The highest BCUT2D eigenvalue weighted by atomic mass is 16.5. The number of aryl methyl sites for hydroxylation is 1. The number of benzene rings is 3. The molecule has 59 heavy (non-hydrogen) atoms. The van der Waals surface area contributed by atoms with Crippen LogP contribution in [0, 0.1) is 6.92 Å². The molecule has 0 unspecified atom stereocenters. The van der Waals surface area contributed by atoms with Gasteiger partial charge in [0.1, 0.15) is 18.0 Å². The standard InChI is InChI=1S/C45H48N10O4/c1-25-20-28(6-10-33(25)26(2)48-42(58)43-52-44(53-59-43)45(3)14-15-45)39-38-34-11-9-31(23-36(34)50-40(38)47-24-46-39)54-16-18-55(19-17-54)32-21-29(22-32)27-4-7-30(8-5-27)49-35-12-13-37(56)51-41(35)57/h4-11,20,23-24,26,29,32,35,49H,12-19,21-22H2,1-3H3,(H,48,58)(H,46,47,50)(H,51,56,57)/t26-,29?,32?,35-/m1/s1. The van der Waals surface area contributed by atoms with Crippen LogP contribution in [0.2, 0.25) is 0 Å². The second-order valence-electron chi connectivity index (χ2n) is 17.2. The molecule has 0 bridgehead atoms. The first-order valence-electron chi connectivity index (χ1n) is 20.8. The lowest BCUT2D eigenvalue weighted by atomic mass is 9.75. The predicted octanol–water partition coefficient (Wildman–Crippen LogP) is 6.30. The molecule has 5 heterocycles. The average Bonchev–Trinajstić information content (AvgIpc) is 3.59. The highest BCUT2D eigenvalue weighted by Gasteiger charge is 2.44. The van der Waals surface area contributed by atoms with E-state index in [9.17, 15) is 14.4 Å². The molecule has 302 valence electrons. The number of carbonyl (C=O) groups excluding carboxylic acids is 3. The van der Waals surface area contributed by atoms with Crippen molar-refractivity contribution in [3.8, 4) is 11.3 Å². The Balaban J connectivity index is 0.761. The van der Waals surface area contributed by atoms with E-state index in [1.807, 2.05) is 13.0 Å². The lowest BCUT2D eigenvalue weighted by molar-refractivity contribution is -0.133. The van der Waals surface area contributed by atoms with Crippen molar-refractivity contribution < 1.29 is 18.9 Å². The number of amides is 3. The van der Waals surface area contributed by atoms with Crippen molar-refractivity contribution in [1.29, 1.82) is 0 Å². The largest absolute Gasteiger partial charge is 0.374 e. The molecule has 2 saturated heterocycles. The van der Waals surface area contributed by atoms with E-state index in [-0.39, 0.29) is 41.1 Å². The zero-order valence-corrected chi connectivity index (χ0v) is 33.5. The van der Waals surface area contributed by atoms with Crippen molar-refractivity contribution in [3.05, 3.63) is 95.4 Å². The fraction of sp³-hybridized carbons (Fsp3) is 0.400. The summed E-state index contributed by atoms with van der Waals surface area (Å²) in [6, 6.07) is 21.3. The van der Waals surface area contributed by atoms with Gasteiger partial charge in [0.2, 0.25) is 11.8 Å². The molecule has 6 aromatic rings. The van der Waals surface area contributed by atoms with Crippen molar-refractivity contribution in [2.24, 2.45) is 0 Å². The van der Waals surface area contributed by atoms with E-state index in [1.165, 1.54) is 11.3 Å². The van der Waals surface area contributed by atoms with E-state index in [1.54, 1.807) is 6.33 Å². The van der Waals surface area contributed by atoms with Crippen LogP contribution >= 0.6 is 0 Å². The van der Waals surface area contributed by atoms with Crippen LogP contribution < -0.4 is 20.9 Å². The van der Waals surface area contributed by atoms with Crippen molar-refractivity contribution in [2.75, 3.05) is 36.4 Å². The van der Waals surface area contributed by atoms with Crippen LogP contribution in [-0.4, -0.2) is 86.0 Å². The van der Waals surface area contributed by atoms with Crippen LogP contribution in [0.5, 0.6) is 0 Å². The third-order valence-electron chi connectivity index (χ3n) is 13.2. The molecule has 10 rings (SSSR count). The molecule has 3 aromatic carbocycles. The number of hydrogen-bond donors (Lipinski definition) is 4. The zero-order valence-electron chi connectivity index (χ0n) is 33.5. The van der Waals surface area contributed by atoms with Crippen molar-refractivity contribution in [1.82, 2.24) is 40.6 Å². The number of imide groups is 1. The maximum absolute atomic E-state index is 13.0. The Morgan fingerprint density at radius 1 is 0.983 bits per heavy atom. The summed E-state index contributed by atoms with van der Waals surface area (Å²) < 4.78 is 5.29. The Hall–Kier alpha value is -6.15. The molecule has 2 atom stereocenters. The number of piperidine rings is 1. The maximum Gasteiger partial charge on any atom is 0.315 e. The van der Waals surface area contributed by atoms with Gasteiger partial charge < -0.3 is 25.0 Å². The molecule has 2 aliphatic carbocycles. The fourth-order valence-electron chi connectivity index (χ4n) is 9.14. The van der Waals surface area contributed by atoms with Gasteiger partial charge in [-0.1, -0.05) is 42.4 Å². The minimum Gasteiger partial charge on any atom is -0.374 e. The van der Waals surface area contributed by atoms with Crippen LogP contribution in [0.3, 0.4) is 0 Å². The first kappa shape index (κ1) is 37.1. The maximum atomic E-state index is 13.0. The molecule has 4 N–H and O–H groups in total. The molecule has 14 nitrogen and oxygen atoms in total. The number of nitrogens with zero attached hydrogens (tertiary/aromatic N) is 6. The number of carbonyl (C=O) groups is 3. The molecule has 3 amide bonds. The quantitative estimate of drug-likeness (QED) is 0.115. The molecular weight excluding hydrogens is 745 g/mol. The van der Waals surface area contributed by atoms with Gasteiger partial charge in [0.05, 0.1) is 17.1 Å². The molecule has 14 heteroatoms. The third kappa shape index (κ3) is 7.09. The Bertz CT molecular complexity index is 2600. The number of nitrogens with one attached hydrogen (secondary N) is 4. The summed E-state index contributed by atoms with van der Waals surface area (Å²) in [5.74, 6) is 0.314. The number of piperazine rings is 1. The second-order valence-corrected chi connectivity index (χ2v) is 17.2. The van der Waals surface area contributed by atoms with E-state index in [2.05, 4.69) is 114 Å². The smallest absolute Gasteiger partial charge is 0.315 e. The fourth-order valence-corrected chi connectivity index (χ4v) is 9.14. The molecule has 4 fully saturated rings. The normalized spacial score (nSPS) is 22.2. The van der Waals surface area contributed by atoms with Gasteiger partial charge in [0, 0.05) is 71.9 Å². The summed E-state index contributed by atoms with van der Waals surface area (Å²) in [5.41, 5.74) is 9.08. The van der Waals surface area contributed by atoms with Crippen LogP contribution in [0.4, 0.5) is 11.4 Å². The minimum atomic E-state index is -0.378. The SMILES string of the molecule is Cc1cc(-c2ncnc3[nH]c4cc(N5CCN(C6CC(c7ccc(N[C@@H]8CCC(=O)NC8=O)cc7)C6)CC5)ccc4c23)ccc1[C@@H](C)NC(=O)c1nc(C2(C)CC2)no1. The van der Waals surface area contributed by atoms with Gasteiger partial charge in [-0.3, -0.25) is 24.6 Å². The van der Waals surface area contributed by atoms with E-state index < -0.39 is 0 Å². The molecule has 2 aliphatic heterocycles. The molecule has 4 aliphatic rings. The number of aromatic nitrogens is 5.